The van der Waals surface area contributed by atoms with Crippen LogP contribution < -0.4 is 0 Å². The van der Waals surface area contributed by atoms with Crippen molar-refractivity contribution in [3.8, 4) is 22.6 Å². The Morgan fingerprint density at radius 3 is 1.81 bits per heavy atom. The lowest BCUT2D eigenvalue weighted by molar-refractivity contribution is 0.103. The van der Waals surface area contributed by atoms with Crippen LogP contribution in [0.1, 0.15) is 15.9 Å². The van der Waals surface area contributed by atoms with Crippen LogP contribution in [0.2, 0.25) is 0 Å². The molecule has 4 rings (SSSR count). The lowest BCUT2D eigenvalue weighted by Crippen LogP contribution is -2.04. The number of benzene rings is 4. The Morgan fingerprint density at radius 1 is 0.615 bits per heavy atom. The van der Waals surface area contributed by atoms with Gasteiger partial charge in [-0.2, -0.15) is 0 Å². The molecule has 4 aromatic carbocycles. The molecule has 0 saturated heterocycles. The van der Waals surface area contributed by atoms with Crippen LogP contribution in [0.25, 0.3) is 21.9 Å². The van der Waals surface area contributed by atoms with Crippen molar-refractivity contribution in [2.75, 3.05) is 0 Å². The lowest BCUT2D eigenvalue weighted by Gasteiger charge is -2.16. The third-order valence-corrected chi connectivity index (χ3v) is 4.49. The van der Waals surface area contributed by atoms with Crippen LogP contribution in [0.5, 0.6) is 11.5 Å². The zero-order chi connectivity index (χ0) is 18.1. The molecule has 0 heterocycles. The van der Waals surface area contributed by atoms with Gasteiger partial charge in [-0.25, -0.2) is 0 Å². The number of phenols is 2. The van der Waals surface area contributed by atoms with Gasteiger partial charge in [0.15, 0.2) is 5.78 Å². The van der Waals surface area contributed by atoms with Gasteiger partial charge in [-0.15, -0.1) is 0 Å². The van der Waals surface area contributed by atoms with E-state index in [-0.39, 0.29) is 28.4 Å². The number of aromatic hydroxyl groups is 2. The second-order valence-corrected chi connectivity index (χ2v) is 6.05. The molecule has 2 N–H and O–H groups in total. The standard InChI is InChI=1S/C23H16O3/c24-21(16-11-5-2-6-12-16)20-17-13-7-8-14-18(17)22(25)19(23(20)26)15-9-3-1-4-10-15/h1-14,25-26H. The van der Waals surface area contributed by atoms with Crippen LogP contribution in [0.3, 0.4) is 0 Å². The van der Waals surface area contributed by atoms with Gasteiger partial charge in [0.05, 0.1) is 11.1 Å². The van der Waals surface area contributed by atoms with E-state index in [1.165, 1.54) is 0 Å². The quantitative estimate of drug-likeness (QED) is 0.507. The van der Waals surface area contributed by atoms with Gasteiger partial charge in [-0.1, -0.05) is 84.9 Å². The highest BCUT2D eigenvalue weighted by molar-refractivity contribution is 6.21. The number of fused-ring (bicyclic) bond motifs is 1. The minimum atomic E-state index is -0.281. The molecule has 0 aromatic heterocycles. The van der Waals surface area contributed by atoms with Crippen LogP contribution in [0, 0.1) is 0 Å². The number of carbonyl (C=O) groups is 1. The predicted molar refractivity (Wildman–Crippen MR) is 103 cm³/mol. The number of ketones is 1. The molecule has 0 spiro atoms. The Kier molecular flexibility index (Phi) is 3.90. The Labute approximate surface area is 150 Å². The number of carbonyl (C=O) groups excluding carboxylic acids is 1. The SMILES string of the molecule is O=C(c1ccccc1)c1c(O)c(-c2ccccc2)c(O)c2ccccc12. The number of hydrogen-bond donors (Lipinski definition) is 2. The van der Waals surface area contributed by atoms with E-state index in [2.05, 4.69) is 0 Å². The second-order valence-electron chi connectivity index (χ2n) is 6.05. The summed E-state index contributed by atoms with van der Waals surface area (Å²) in [5.74, 6) is -0.522. The molecule has 0 aliphatic carbocycles. The molecular formula is C23H16O3. The summed E-state index contributed by atoms with van der Waals surface area (Å²) in [6.45, 7) is 0. The smallest absolute Gasteiger partial charge is 0.197 e. The van der Waals surface area contributed by atoms with Crippen LogP contribution in [-0.2, 0) is 0 Å². The van der Waals surface area contributed by atoms with Crippen molar-refractivity contribution in [1.82, 2.24) is 0 Å². The summed E-state index contributed by atoms with van der Waals surface area (Å²) in [7, 11) is 0. The van der Waals surface area contributed by atoms with E-state index in [0.29, 0.717) is 21.9 Å². The molecule has 0 bridgehead atoms. The van der Waals surface area contributed by atoms with Crippen molar-refractivity contribution in [3.05, 3.63) is 96.1 Å². The molecule has 4 aromatic rings. The molecule has 0 fully saturated rings. The highest BCUT2D eigenvalue weighted by atomic mass is 16.3. The monoisotopic (exact) mass is 340 g/mol. The van der Waals surface area contributed by atoms with Gasteiger partial charge in [-0.05, 0) is 5.56 Å². The van der Waals surface area contributed by atoms with Crippen molar-refractivity contribution < 1.29 is 15.0 Å². The van der Waals surface area contributed by atoms with Crippen molar-refractivity contribution in [3.63, 3.8) is 0 Å². The second kappa shape index (κ2) is 6.37. The number of hydrogen-bond acceptors (Lipinski definition) is 3. The molecule has 0 amide bonds. The Morgan fingerprint density at radius 2 is 1.15 bits per heavy atom. The van der Waals surface area contributed by atoms with E-state index in [9.17, 15) is 15.0 Å². The molecule has 0 aliphatic heterocycles. The number of rotatable bonds is 3. The Hall–Kier alpha value is -3.59. The molecule has 3 heteroatoms. The van der Waals surface area contributed by atoms with Crippen LogP contribution >= 0.6 is 0 Å². The van der Waals surface area contributed by atoms with Gasteiger partial charge in [-0.3, -0.25) is 4.79 Å². The largest absolute Gasteiger partial charge is 0.507 e. The van der Waals surface area contributed by atoms with E-state index in [1.807, 2.05) is 24.3 Å². The predicted octanol–water partition coefficient (Wildman–Crippen LogP) is 5.15. The molecule has 0 unspecified atom stereocenters. The first-order valence-electron chi connectivity index (χ1n) is 8.30. The molecule has 26 heavy (non-hydrogen) atoms. The zero-order valence-corrected chi connectivity index (χ0v) is 13.9. The maximum atomic E-state index is 13.1. The first kappa shape index (κ1) is 15.9. The van der Waals surface area contributed by atoms with E-state index >= 15 is 0 Å². The maximum absolute atomic E-state index is 13.1. The fourth-order valence-corrected chi connectivity index (χ4v) is 3.25. The Balaban J connectivity index is 2.08. The first-order chi connectivity index (χ1) is 12.7. The van der Waals surface area contributed by atoms with Gasteiger partial charge >= 0.3 is 0 Å². The third kappa shape index (κ3) is 2.50. The topological polar surface area (TPSA) is 57.5 Å². The van der Waals surface area contributed by atoms with Gasteiger partial charge in [0.25, 0.3) is 0 Å². The van der Waals surface area contributed by atoms with Gasteiger partial charge < -0.3 is 10.2 Å². The molecule has 0 radical (unpaired) electrons. The van der Waals surface area contributed by atoms with E-state index < -0.39 is 0 Å². The van der Waals surface area contributed by atoms with Gasteiger partial charge in [0, 0.05) is 16.3 Å². The first-order valence-corrected chi connectivity index (χ1v) is 8.30. The molecule has 0 aliphatic rings. The van der Waals surface area contributed by atoms with Gasteiger partial charge in [0.2, 0.25) is 0 Å². The van der Waals surface area contributed by atoms with E-state index in [0.717, 1.165) is 0 Å². The minimum Gasteiger partial charge on any atom is -0.507 e. The fraction of sp³-hybridized carbons (Fsp3) is 0. The highest BCUT2D eigenvalue weighted by Gasteiger charge is 2.24. The average Bonchev–Trinajstić information content (AvgIpc) is 2.69. The molecule has 0 saturated carbocycles. The average molecular weight is 340 g/mol. The summed E-state index contributed by atoms with van der Waals surface area (Å²) in [6, 6.07) is 25.0. The summed E-state index contributed by atoms with van der Waals surface area (Å²) in [4.78, 5) is 13.1. The van der Waals surface area contributed by atoms with E-state index in [4.69, 9.17) is 0 Å². The summed E-state index contributed by atoms with van der Waals surface area (Å²) >= 11 is 0. The van der Waals surface area contributed by atoms with Crippen molar-refractivity contribution in [2.45, 2.75) is 0 Å². The zero-order valence-electron chi connectivity index (χ0n) is 13.9. The molecule has 126 valence electrons. The third-order valence-electron chi connectivity index (χ3n) is 4.49. The van der Waals surface area contributed by atoms with E-state index in [1.54, 1.807) is 60.7 Å². The lowest BCUT2D eigenvalue weighted by atomic mass is 9.90. The summed E-state index contributed by atoms with van der Waals surface area (Å²) < 4.78 is 0. The highest BCUT2D eigenvalue weighted by Crippen LogP contribution is 2.46. The van der Waals surface area contributed by atoms with Crippen LogP contribution in [-0.4, -0.2) is 16.0 Å². The van der Waals surface area contributed by atoms with Crippen LogP contribution in [0.4, 0.5) is 0 Å². The molecule has 3 nitrogen and oxygen atoms in total. The van der Waals surface area contributed by atoms with Crippen molar-refractivity contribution >= 4 is 16.6 Å². The molecular weight excluding hydrogens is 324 g/mol. The summed E-state index contributed by atoms with van der Waals surface area (Å²) in [5, 5.41) is 22.8. The number of phenolic OH excluding ortho intramolecular Hbond substituents is 2. The van der Waals surface area contributed by atoms with Crippen molar-refractivity contribution in [2.24, 2.45) is 0 Å². The Bertz CT molecular complexity index is 1100. The normalized spacial score (nSPS) is 10.8. The fourth-order valence-electron chi connectivity index (χ4n) is 3.25. The molecule has 0 atom stereocenters. The van der Waals surface area contributed by atoms with Crippen LogP contribution in [0.15, 0.2) is 84.9 Å². The van der Waals surface area contributed by atoms with Crippen molar-refractivity contribution in [1.29, 1.82) is 0 Å². The summed E-state index contributed by atoms with van der Waals surface area (Å²) in [5.41, 5.74) is 1.60. The maximum Gasteiger partial charge on any atom is 0.197 e. The minimum absolute atomic E-state index is 0.0334. The summed E-state index contributed by atoms with van der Waals surface area (Å²) in [6.07, 6.45) is 0. The van der Waals surface area contributed by atoms with Gasteiger partial charge in [0.1, 0.15) is 11.5 Å².